The van der Waals surface area contributed by atoms with Crippen molar-refractivity contribution >= 4 is 15.7 Å². The zero-order valence-corrected chi connectivity index (χ0v) is 18.4. The van der Waals surface area contributed by atoms with E-state index in [0.717, 1.165) is 5.69 Å². The Morgan fingerprint density at radius 2 is 1.66 bits per heavy atom. The molecule has 3 N–H and O–H groups in total. The van der Waals surface area contributed by atoms with Gasteiger partial charge in [-0.25, -0.2) is 17.5 Å². The Balaban J connectivity index is 1.42. The zero-order valence-electron chi connectivity index (χ0n) is 17.5. The van der Waals surface area contributed by atoms with Crippen LogP contribution in [0.25, 0.3) is 0 Å². The third-order valence-corrected chi connectivity index (χ3v) is 7.54. The molecule has 0 aromatic heterocycles. The number of aliphatic hydroxyl groups is 2. The van der Waals surface area contributed by atoms with Crippen molar-refractivity contribution in [3.05, 3.63) is 60.4 Å². The van der Waals surface area contributed by atoms with Crippen molar-refractivity contribution in [3.63, 3.8) is 0 Å². The van der Waals surface area contributed by atoms with Gasteiger partial charge >= 0.3 is 0 Å². The van der Waals surface area contributed by atoms with Crippen LogP contribution in [0.4, 0.5) is 10.1 Å². The van der Waals surface area contributed by atoms with Gasteiger partial charge in [-0.2, -0.15) is 0 Å². The minimum absolute atomic E-state index is 0.0202. The Kier molecular flexibility index (Phi) is 7.08. The fourth-order valence-electron chi connectivity index (χ4n) is 4.40. The van der Waals surface area contributed by atoms with E-state index < -0.39 is 34.4 Å². The molecule has 4 atom stereocenters. The topological polar surface area (TPSA) is 102 Å². The molecule has 0 saturated carbocycles. The molecule has 2 aromatic rings. The number of benzene rings is 2. The molecule has 10 heteroatoms. The standard InChI is InChI=1S/C22H28FN3O5S/c23-16-6-8-17(9-7-16)25-10-12-26(13-11-25)21-19(31-20(15-27)22(21)28)14-24-32(29,30)18-4-2-1-3-5-18/h1-9,19-22,24,27-28H,10-15H2/t19-,20-,21-,22+/m0/s1. The summed E-state index contributed by atoms with van der Waals surface area (Å²) in [4.78, 5) is 4.36. The molecule has 4 rings (SSSR count). The number of halogens is 1. The van der Waals surface area contributed by atoms with E-state index in [9.17, 15) is 23.0 Å². The van der Waals surface area contributed by atoms with Gasteiger partial charge in [-0.15, -0.1) is 0 Å². The monoisotopic (exact) mass is 465 g/mol. The largest absolute Gasteiger partial charge is 0.394 e. The number of piperazine rings is 1. The second-order valence-electron chi connectivity index (χ2n) is 8.04. The minimum atomic E-state index is -3.72. The fourth-order valence-corrected chi connectivity index (χ4v) is 5.47. The third-order valence-electron chi connectivity index (χ3n) is 6.10. The normalized spacial score (nSPS) is 27.0. The van der Waals surface area contributed by atoms with Gasteiger partial charge in [0.1, 0.15) is 18.0 Å². The van der Waals surface area contributed by atoms with Gasteiger partial charge in [0.05, 0.1) is 23.6 Å². The van der Waals surface area contributed by atoms with E-state index in [1.54, 1.807) is 30.3 Å². The lowest BCUT2D eigenvalue weighted by Crippen LogP contribution is -2.57. The van der Waals surface area contributed by atoms with E-state index in [0.29, 0.717) is 26.2 Å². The van der Waals surface area contributed by atoms with Crippen molar-refractivity contribution in [2.45, 2.75) is 29.2 Å². The molecule has 0 radical (unpaired) electrons. The van der Waals surface area contributed by atoms with Crippen LogP contribution in [0.3, 0.4) is 0 Å². The molecule has 2 aromatic carbocycles. The van der Waals surface area contributed by atoms with E-state index in [-0.39, 0.29) is 23.9 Å². The first-order valence-electron chi connectivity index (χ1n) is 10.6. The molecule has 2 aliphatic rings. The molecule has 0 aliphatic carbocycles. The predicted octanol–water partition coefficient (Wildman–Crippen LogP) is 0.415. The number of anilines is 1. The molecular weight excluding hydrogens is 437 g/mol. The first kappa shape index (κ1) is 23.1. The van der Waals surface area contributed by atoms with Crippen LogP contribution in [0.2, 0.25) is 0 Å². The second-order valence-corrected chi connectivity index (χ2v) is 9.81. The van der Waals surface area contributed by atoms with Crippen LogP contribution in [0, 0.1) is 5.82 Å². The number of nitrogens with one attached hydrogen (secondary N) is 1. The number of hydrogen-bond donors (Lipinski definition) is 3. The third kappa shape index (κ3) is 4.95. The maximum atomic E-state index is 13.2. The Bertz CT molecular complexity index is 984. The van der Waals surface area contributed by atoms with Gasteiger partial charge in [-0.05, 0) is 36.4 Å². The number of nitrogens with zero attached hydrogens (tertiary/aromatic N) is 2. The van der Waals surface area contributed by atoms with Crippen LogP contribution in [0.15, 0.2) is 59.5 Å². The first-order valence-corrected chi connectivity index (χ1v) is 12.1. The predicted molar refractivity (Wildman–Crippen MR) is 117 cm³/mol. The zero-order chi connectivity index (χ0) is 22.7. The fraction of sp³-hybridized carbons (Fsp3) is 0.455. The first-order chi connectivity index (χ1) is 15.4. The molecule has 0 spiro atoms. The smallest absolute Gasteiger partial charge is 0.240 e. The summed E-state index contributed by atoms with van der Waals surface area (Å²) < 4.78 is 46.8. The maximum absolute atomic E-state index is 13.2. The average Bonchev–Trinajstić information content (AvgIpc) is 3.14. The molecule has 2 saturated heterocycles. The number of ether oxygens (including phenoxy) is 1. The lowest BCUT2D eigenvalue weighted by Gasteiger charge is -2.41. The van der Waals surface area contributed by atoms with Gasteiger partial charge < -0.3 is 19.8 Å². The lowest BCUT2D eigenvalue weighted by atomic mass is 10.0. The number of hydrogen-bond acceptors (Lipinski definition) is 7. The Labute approximate surface area is 187 Å². The Morgan fingerprint density at radius 1 is 1.00 bits per heavy atom. The summed E-state index contributed by atoms with van der Waals surface area (Å²) in [5.41, 5.74) is 0.926. The minimum Gasteiger partial charge on any atom is -0.394 e. The summed E-state index contributed by atoms with van der Waals surface area (Å²) in [7, 11) is -3.72. The molecule has 2 heterocycles. The highest BCUT2D eigenvalue weighted by molar-refractivity contribution is 7.89. The van der Waals surface area contributed by atoms with Crippen molar-refractivity contribution in [1.82, 2.24) is 9.62 Å². The van der Waals surface area contributed by atoms with Crippen molar-refractivity contribution < 1.29 is 27.8 Å². The molecule has 174 valence electrons. The molecular formula is C22H28FN3O5S. The highest BCUT2D eigenvalue weighted by atomic mass is 32.2. The van der Waals surface area contributed by atoms with Crippen molar-refractivity contribution in [3.8, 4) is 0 Å². The highest BCUT2D eigenvalue weighted by Gasteiger charge is 2.47. The molecule has 0 amide bonds. The van der Waals surface area contributed by atoms with Crippen LogP contribution in [0.5, 0.6) is 0 Å². The summed E-state index contributed by atoms with van der Waals surface area (Å²) in [6, 6.07) is 13.9. The lowest BCUT2D eigenvalue weighted by molar-refractivity contribution is -0.0201. The number of aliphatic hydroxyl groups excluding tert-OH is 2. The Hall–Kier alpha value is -2.08. The molecule has 0 unspecified atom stereocenters. The van der Waals surface area contributed by atoms with Gasteiger partial charge in [0.25, 0.3) is 0 Å². The summed E-state index contributed by atoms with van der Waals surface area (Å²) in [6.07, 6.45) is -2.33. The molecule has 32 heavy (non-hydrogen) atoms. The summed E-state index contributed by atoms with van der Waals surface area (Å²) in [5.74, 6) is -0.283. The summed E-state index contributed by atoms with van der Waals surface area (Å²) in [5, 5.41) is 20.4. The van der Waals surface area contributed by atoms with Gasteiger partial charge in [0.15, 0.2) is 0 Å². The van der Waals surface area contributed by atoms with Crippen molar-refractivity contribution in [2.24, 2.45) is 0 Å². The quantitative estimate of drug-likeness (QED) is 0.545. The molecule has 0 bridgehead atoms. The van der Waals surface area contributed by atoms with Crippen LogP contribution in [-0.4, -0.2) is 87.2 Å². The highest BCUT2D eigenvalue weighted by Crippen LogP contribution is 2.28. The summed E-state index contributed by atoms with van der Waals surface area (Å²) in [6.45, 7) is 2.19. The van der Waals surface area contributed by atoms with Gasteiger partial charge in [-0.1, -0.05) is 18.2 Å². The van der Waals surface area contributed by atoms with Crippen LogP contribution in [0.1, 0.15) is 0 Å². The molecule has 2 fully saturated rings. The van der Waals surface area contributed by atoms with Crippen molar-refractivity contribution in [2.75, 3.05) is 44.2 Å². The number of rotatable bonds is 7. The van der Waals surface area contributed by atoms with Gasteiger partial charge in [-0.3, -0.25) is 4.90 Å². The van der Waals surface area contributed by atoms with Crippen molar-refractivity contribution in [1.29, 1.82) is 0 Å². The van der Waals surface area contributed by atoms with E-state index in [1.807, 2.05) is 0 Å². The van der Waals surface area contributed by atoms with Crippen LogP contribution in [-0.2, 0) is 14.8 Å². The average molecular weight is 466 g/mol. The second kappa shape index (κ2) is 9.82. The van der Waals surface area contributed by atoms with E-state index in [2.05, 4.69) is 14.5 Å². The van der Waals surface area contributed by atoms with Crippen LogP contribution >= 0.6 is 0 Å². The van der Waals surface area contributed by atoms with E-state index in [1.165, 1.54) is 24.3 Å². The van der Waals surface area contributed by atoms with Crippen LogP contribution < -0.4 is 9.62 Å². The Morgan fingerprint density at radius 3 is 2.28 bits per heavy atom. The number of sulfonamides is 1. The van der Waals surface area contributed by atoms with Gasteiger partial charge in [0.2, 0.25) is 10.0 Å². The molecule has 2 aliphatic heterocycles. The van der Waals surface area contributed by atoms with Gasteiger partial charge in [0, 0.05) is 38.4 Å². The summed E-state index contributed by atoms with van der Waals surface area (Å²) >= 11 is 0. The van der Waals surface area contributed by atoms with E-state index >= 15 is 0 Å². The SMILES string of the molecule is O=S(=O)(NC[C@@H]1O[C@@H](CO)[C@@H](O)[C@H]1N1CCN(c2ccc(F)cc2)CC1)c1ccccc1. The molecule has 8 nitrogen and oxygen atoms in total. The van der Waals surface area contributed by atoms with E-state index in [4.69, 9.17) is 4.74 Å². The maximum Gasteiger partial charge on any atom is 0.240 e.